The SMILES string of the molecule is Cc1nn2c(NCc3ccccn3)cc(C(C)(C)C)nc2c1-c1ccccc1Cl. The van der Waals surface area contributed by atoms with Crippen LogP contribution in [0.5, 0.6) is 0 Å². The molecule has 0 saturated carbocycles. The molecule has 0 radical (unpaired) electrons. The smallest absolute Gasteiger partial charge is 0.165 e. The molecule has 4 rings (SSSR count). The van der Waals surface area contributed by atoms with E-state index in [1.165, 1.54) is 0 Å². The molecule has 0 spiro atoms. The normalized spacial score (nSPS) is 11.8. The summed E-state index contributed by atoms with van der Waals surface area (Å²) >= 11 is 6.51. The topological polar surface area (TPSA) is 55.1 Å². The minimum absolute atomic E-state index is 0.112. The van der Waals surface area contributed by atoms with Gasteiger partial charge in [-0.3, -0.25) is 4.98 Å². The fourth-order valence-corrected chi connectivity index (χ4v) is 3.53. The van der Waals surface area contributed by atoms with Crippen molar-refractivity contribution in [2.75, 3.05) is 5.32 Å². The summed E-state index contributed by atoms with van der Waals surface area (Å²) in [7, 11) is 0. The van der Waals surface area contributed by atoms with E-state index >= 15 is 0 Å². The van der Waals surface area contributed by atoms with E-state index < -0.39 is 0 Å². The Morgan fingerprint density at radius 3 is 2.52 bits per heavy atom. The van der Waals surface area contributed by atoms with Gasteiger partial charge in [0.05, 0.1) is 29.2 Å². The summed E-state index contributed by atoms with van der Waals surface area (Å²) in [6.45, 7) is 9.07. The average molecular weight is 406 g/mol. The van der Waals surface area contributed by atoms with Crippen LogP contribution in [0.15, 0.2) is 54.7 Å². The second-order valence-corrected chi connectivity index (χ2v) is 8.53. The molecular weight excluding hydrogens is 382 g/mol. The molecule has 148 valence electrons. The molecule has 4 aromatic rings. The van der Waals surface area contributed by atoms with Crippen molar-refractivity contribution in [2.24, 2.45) is 0 Å². The van der Waals surface area contributed by atoms with Crippen LogP contribution >= 0.6 is 11.6 Å². The third-order valence-corrected chi connectivity index (χ3v) is 5.18. The number of aromatic nitrogens is 4. The van der Waals surface area contributed by atoms with Crippen LogP contribution in [0, 0.1) is 6.92 Å². The number of hydrogen-bond acceptors (Lipinski definition) is 4. The van der Waals surface area contributed by atoms with Crippen LogP contribution in [0.3, 0.4) is 0 Å². The largest absolute Gasteiger partial charge is 0.364 e. The molecule has 1 aromatic carbocycles. The van der Waals surface area contributed by atoms with Crippen molar-refractivity contribution in [2.45, 2.75) is 39.7 Å². The monoisotopic (exact) mass is 405 g/mol. The van der Waals surface area contributed by atoms with Crippen LogP contribution in [0.25, 0.3) is 16.8 Å². The van der Waals surface area contributed by atoms with Crippen molar-refractivity contribution in [3.8, 4) is 11.1 Å². The fraction of sp³-hybridized carbons (Fsp3) is 0.261. The number of rotatable bonds is 4. The van der Waals surface area contributed by atoms with Gasteiger partial charge in [-0.1, -0.05) is 56.6 Å². The first kappa shape index (κ1) is 19.4. The fourth-order valence-electron chi connectivity index (χ4n) is 3.30. The van der Waals surface area contributed by atoms with Gasteiger partial charge in [-0.2, -0.15) is 9.61 Å². The molecule has 0 amide bonds. The molecule has 0 saturated heterocycles. The van der Waals surface area contributed by atoms with Gasteiger partial charge in [-0.25, -0.2) is 4.98 Å². The Balaban J connectivity index is 1.89. The Kier molecular flexibility index (Phi) is 5.01. The Labute approximate surface area is 175 Å². The molecule has 0 aliphatic rings. The van der Waals surface area contributed by atoms with Gasteiger partial charge in [0, 0.05) is 28.3 Å². The van der Waals surface area contributed by atoms with Crippen molar-refractivity contribution in [3.63, 3.8) is 0 Å². The van der Waals surface area contributed by atoms with E-state index in [0.717, 1.165) is 39.7 Å². The Morgan fingerprint density at radius 1 is 1.07 bits per heavy atom. The van der Waals surface area contributed by atoms with E-state index in [1.54, 1.807) is 6.20 Å². The number of benzene rings is 1. The Morgan fingerprint density at radius 2 is 1.83 bits per heavy atom. The summed E-state index contributed by atoms with van der Waals surface area (Å²) in [5, 5.41) is 8.96. The van der Waals surface area contributed by atoms with Crippen LogP contribution in [0.1, 0.15) is 37.9 Å². The number of pyridine rings is 1. The molecule has 5 nitrogen and oxygen atoms in total. The van der Waals surface area contributed by atoms with Crippen molar-refractivity contribution in [1.29, 1.82) is 0 Å². The number of nitrogens with zero attached hydrogens (tertiary/aromatic N) is 4. The van der Waals surface area contributed by atoms with Crippen LogP contribution in [-0.4, -0.2) is 19.6 Å². The lowest BCUT2D eigenvalue weighted by atomic mass is 9.92. The van der Waals surface area contributed by atoms with E-state index in [-0.39, 0.29) is 5.41 Å². The molecule has 0 atom stereocenters. The van der Waals surface area contributed by atoms with Gasteiger partial charge in [0.2, 0.25) is 0 Å². The van der Waals surface area contributed by atoms with Gasteiger partial charge in [0.15, 0.2) is 5.65 Å². The minimum Gasteiger partial charge on any atom is -0.364 e. The first-order valence-corrected chi connectivity index (χ1v) is 10.0. The lowest BCUT2D eigenvalue weighted by Gasteiger charge is -2.20. The van der Waals surface area contributed by atoms with E-state index in [2.05, 4.69) is 37.1 Å². The summed E-state index contributed by atoms with van der Waals surface area (Å²) in [5.74, 6) is 0.881. The van der Waals surface area contributed by atoms with Crippen LogP contribution in [0.4, 0.5) is 5.82 Å². The summed E-state index contributed by atoms with van der Waals surface area (Å²) in [6, 6.07) is 15.8. The predicted molar refractivity (Wildman–Crippen MR) is 118 cm³/mol. The van der Waals surface area contributed by atoms with Gasteiger partial charge in [-0.15, -0.1) is 0 Å². The zero-order valence-corrected chi connectivity index (χ0v) is 17.8. The van der Waals surface area contributed by atoms with E-state index in [0.29, 0.717) is 11.6 Å². The highest BCUT2D eigenvalue weighted by Gasteiger charge is 2.23. The second kappa shape index (κ2) is 7.48. The number of anilines is 1. The first-order chi connectivity index (χ1) is 13.8. The summed E-state index contributed by atoms with van der Waals surface area (Å²) in [6.07, 6.45) is 1.80. The number of halogens is 1. The lowest BCUT2D eigenvalue weighted by molar-refractivity contribution is 0.568. The molecule has 0 fully saturated rings. The first-order valence-electron chi connectivity index (χ1n) is 9.64. The zero-order chi connectivity index (χ0) is 20.6. The summed E-state index contributed by atoms with van der Waals surface area (Å²) < 4.78 is 1.87. The van der Waals surface area contributed by atoms with Crippen molar-refractivity contribution < 1.29 is 0 Å². The molecule has 0 unspecified atom stereocenters. The van der Waals surface area contributed by atoms with Crippen molar-refractivity contribution >= 4 is 23.1 Å². The van der Waals surface area contributed by atoms with Gasteiger partial charge in [0.1, 0.15) is 5.82 Å². The van der Waals surface area contributed by atoms with Crippen LogP contribution in [0.2, 0.25) is 5.02 Å². The maximum absolute atomic E-state index is 6.51. The van der Waals surface area contributed by atoms with Crippen LogP contribution < -0.4 is 5.32 Å². The summed E-state index contributed by atoms with van der Waals surface area (Å²) in [5.41, 5.74) is 5.42. The quantitative estimate of drug-likeness (QED) is 0.475. The van der Waals surface area contributed by atoms with Gasteiger partial charge in [-0.05, 0) is 25.1 Å². The van der Waals surface area contributed by atoms with Gasteiger partial charge < -0.3 is 5.32 Å². The molecule has 3 heterocycles. The Hall–Kier alpha value is -2.92. The Bertz CT molecular complexity index is 1160. The number of aryl methyl sites for hydroxylation is 1. The molecule has 6 heteroatoms. The molecule has 0 bridgehead atoms. The van der Waals surface area contributed by atoms with Gasteiger partial charge >= 0.3 is 0 Å². The van der Waals surface area contributed by atoms with Gasteiger partial charge in [0.25, 0.3) is 0 Å². The van der Waals surface area contributed by atoms with Crippen molar-refractivity contribution in [3.05, 3.63) is 76.8 Å². The molecule has 0 aliphatic heterocycles. The minimum atomic E-state index is -0.112. The van der Waals surface area contributed by atoms with E-state index in [9.17, 15) is 0 Å². The maximum atomic E-state index is 6.51. The van der Waals surface area contributed by atoms with Crippen LogP contribution in [-0.2, 0) is 12.0 Å². The van der Waals surface area contributed by atoms with E-state index in [1.807, 2.05) is 53.9 Å². The molecule has 3 aromatic heterocycles. The highest BCUT2D eigenvalue weighted by atomic mass is 35.5. The predicted octanol–water partition coefficient (Wildman–Crippen LogP) is 5.66. The molecule has 1 N–H and O–H groups in total. The number of fused-ring (bicyclic) bond motifs is 1. The lowest BCUT2D eigenvalue weighted by Crippen LogP contribution is -2.16. The second-order valence-electron chi connectivity index (χ2n) is 8.13. The number of hydrogen-bond donors (Lipinski definition) is 1. The molecule has 0 aliphatic carbocycles. The standard InChI is InChI=1S/C23H24ClN5/c1-15-21(17-10-5-6-11-18(17)24)22-27-19(23(2,3)4)13-20(29(22)28-15)26-14-16-9-7-8-12-25-16/h5-13,26H,14H2,1-4H3. The van der Waals surface area contributed by atoms with Crippen molar-refractivity contribution in [1.82, 2.24) is 19.6 Å². The highest BCUT2D eigenvalue weighted by molar-refractivity contribution is 6.33. The summed E-state index contributed by atoms with van der Waals surface area (Å²) in [4.78, 5) is 9.39. The maximum Gasteiger partial charge on any atom is 0.165 e. The average Bonchev–Trinajstić information content (AvgIpc) is 3.02. The molecular formula is C23H24ClN5. The third-order valence-electron chi connectivity index (χ3n) is 4.85. The third kappa shape index (κ3) is 3.83. The molecule has 29 heavy (non-hydrogen) atoms. The van der Waals surface area contributed by atoms with E-state index in [4.69, 9.17) is 21.7 Å². The highest BCUT2D eigenvalue weighted by Crippen LogP contribution is 2.35. The zero-order valence-electron chi connectivity index (χ0n) is 17.1. The number of nitrogens with one attached hydrogen (secondary N) is 1.